The fourth-order valence-corrected chi connectivity index (χ4v) is 5.95. The van der Waals surface area contributed by atoms with Crippen molar-refractivity contribution in [2.45, 2.75) is 71.5 Å². The summed E-state index contributed by atoms with van der Waals surface area (Å²) in [5.41, 5.74) is 2.12. The molecule has 2 saturated heterocycles. The minimum atomic E-state index is 0.0150. The number of ether oxygens (including phenoxy) is 1. The summed E-state index contributed by atoms with van der Waals surface area (Å²) >= 11 is 0. The number of nitrogens with zero attached hydrogens (tertiary/aromatic N) is 2. The number of likely N-dealkylation sites (tertiary alicyclic amines) is 2. The van der Waals surface area contributed by atoms with Crippen LogP contribution in [0.2, 0.25) is 0 Å². The Morgan fingerprint density at radius 1 is 1.19 bits per heavy atom. The van der Waals surface area contributed by atoms with Gasteiger partial charge in [-0.3, -0.25) is 9.59 Å². The van der Waals surface area contributed by atoms with Gasteiger partial charge in [0.05, 0.1) is 6.04 Å². The lowest BCUT2D eigenvalue weighted by molar-refractivity contribution is -0.138. The second-order valence-electron chi connectivity index (χ2n) is 8.81. The number of para-hydroxylation sites is 1. The predicted molar refractivity (Wildman–Crippen MR) is 104 cm³/mol. The van der Waals surface area contributed by atoms with Crippen molar-refractivity contribution in [2.24, 2.45) is 5.41 Å². The second kappa shape index (κ2) is 6.54. The Morgan fingerprint density at radius 3 is 2.52 bits per heavy atom. The van der Waals surface area contributed by atoms with E-state index < -0.39 is 0 Å². The average Bonchev–Trinajstić information content (AvgIpc) is 2.90. The van der Waals surface area contributed by atoms with E-state index in [0.717, 1.165) is 42.6 Å². The SMILES string of the molecule is CC(=O)N1C[C@@H]2C[C@@]3(C)[C@H](CCC[C@@H]13)N2C(=O)COc1c(C)cccc1C. The summed E-state index contributed by atoms with van der Waals surface area (Å²) in [6.45, 7) is 8.69. The fourth-order valence-electron chi connectivity index (χ4n) is 5.95. The van der Waals surface area contributed by atoms with E-state index in [-0.39, 0.29) is 42.0 Å². The van der Waals surface area contributed by atoms with Gasteiger partial charge in [-0.15, -0.1) is 0 Å². The van der Waals surface area contributed by atoms with Crippen LogP contribution < -0.4 is 4.74 Å². The van der Waals surface area contributed by atoms with E-state index in [0.29, 0.717) is 6.54 Å². The van der Waals surface area contributed by atoms with Crippen molar-refractivity contribution < 1.29 is 14.3 Å². The first-order chi connectivity index (χ1) is 12.8. The van der Waals surface area contributed by atoms with Gasteiger partial charge in [-0.1, -0.05) is 25.1 Å². The first kappa shape index (κ1) is 18.3. The Bertz CT molecular complexity index is 757. The number of benzene rings is 1. The molecule has 0 unspecified atom stereocenters. The molecule has 1 saturated carbocycles. The number of carbonyl (C=O) groups is 2. The lowest BCUT2D eigenvalue weighted by atomic mass is 9.66. The molecular formula is C22H30N2O3. The van der Waals surface area contributed by atoms with Crippen LogP contribution in [0.1, 0.15) is 50.7 Å². The molecule has 3 aliphatic rings. The lowest BCUT2D eigenvalue weighted by Gasteiger charge is -2.49. The number of fused-ring (bicyclic) bond motifs is 1. The van der Waals surface area contributed by atoms with Gasteiger partial charge in [-0.25, -0.2) is 0 Å². The molecule has 5 heteroatoms. The molecule has 2 aliphatic heterocycles. The number of hydrogen-bond acceptors (Lipinski definition) is 3. The zero-order valence-corrected chi connectivity index (χ0v) is 16.8. The van der Waals surface area contributed by atoms with Crippen LogP contribution >= 0.6 is 0 Å². The topological polar surface area (TPSA) is 49.9 Å². The highest BCUT2D eigenvalue weighted by atomic mass is 16.5. The highest BCUT2D eigenvalue weighted by molar-refractivity contribution is 5.80. The van der Waals surface area contributed by atoms with Crippen molar-refractivity contribution in [3.8, 4) is 5.75 Å². The molecule has 1 aromatic carbocycles. The molecule has 4 atom stereocenters. The third-order valence-corrected chi connectivity index (χ3v) is 7.11. The van der Waals surface area contributed by atoms with Gasteiger partial charge in [-0.2, -0.15) is 0 Å². The van der Waals surface area contributed by atoms with Gasteiger partial charge >= 0.3 is 0 Å². The molecule has 2 heterocycles. The van der Waals surface area contributed by atoms with E-state index in [9.17, 15) is 9.59 Å². The van der Waals surface area contributed by atoms with Gasteiger partial charge in [-0.05, 0) is 50.7 Å². The molecule has 2 amide bonds. The molecule has 5 nitrogen and oxygen atoms in total. The molecule has 1 aromatic rings. The number of carbonyl (C=O) groups excluding carboxylic acids is 2. The predicted octanol–water partition coefficient (Wildman–Crippen LogP) is 3.07. The van der Waals surface area contributed by atoms with Crippen molar-refractivity contribution in [1.82, 2.24) is 9.80 Å². The maximum Gasteiger partial charge on any atom is 0.261 e. The smallest absolute Gasteiger partial charge is 0.261 e. The average molecular weight is 370 g/mol. The Kier molecular flexibility index (Phi) is 4.44. The summed E-state index contributed by atoms with van der Waals surface area (Å²) < 4.78 is 5.96. The highest BCUT2D eigenvalue weighted by Crippen LogP contribution is 2.54. The monoisotopic (exact) mass is 370 g/mol. The summed E-state index contributed by atoms with van der Waals surface area (Å²) in [7, 11) is 0. The molecule has 27 heavy (non-hydrogen) atoms. The van der Waals surface area contributed by atoms with Crippen LogP contribution in [0.4, 0.5) is 0 Å². The van der Waals surface area contributed by atoms with E-state index in [2.05, 4.69) is 11.8 Å². The van der Waals surface area contributed by atoms with Gasteiger partial charge in [0.1, 0.15) is 5.75 Å². The number of amides is 2. The molecule has 3 fully saturated rings. The largest absolute Gasteiger partial charge is 0.483 e. The maximum atomic E-state index is 13.2. The number of rotatable bonds is 3. The molecule has 4 rings (SSSR count). The number of piperidine rings is 1. The van der Waals surface area contributed by atoms with Gasteiger partial charge in [0.15, 0.2) is 6.61 Å². The van der Waals surface area contributed by atoms with Crippen LogP contribution in [-0.2, 0) is 9.59 Å². The van der Waals surface area contributed by atoms with Gasteiger partial charge < -0.3 is 14.5 Å². The van der Waals surface area contributed by atoms with Crippen LogP contribution in [0.25, 0.3) is 0 Å². The first-order valence-electron chi connectivity index (χ1n) is 10.1. The molecule has 2 bridgehead atoms. The van der Waals surface area contributed by atoms with Gasteiger partial charge in [0, 0.05) is 31.0 Å². The van der Waals surface area contributed by atoms with Crippen LogP contribution in [0, 0.1) is 19.3 Å². The Labute approximate surface area is 161 Å². The van der Waals surface area contributed by atoms with Crippen molar-refractivity contribution in [2.75, 3.05) is 13.2 Å². The van der Waals surface area contributed by atoms with Crippen molar-refractivity contribution in [3.63, 3.8) is 0 Å². The summed E-state index contributed by atoms with van der Waals surface area (Å²) in [6, 6.07) is 6.62. The first-order valence-corrected chi connectivity index (χ1v) is 10.1. The maximum absolute atomic E-state index is 13.2. The van der Waals surface area contributed by atoms with E-state index in [1.165, 1.54) is 0 Å². The van der Waals surface area contributed by atoms with E-state index >= 15 is 0 Å². The quantitative estimate of drug-likeness (QED) is 0.822. The van der Waals surface area contributed by atoms with E-state index in [1.54, 1.807) is 6.92 Å². The second-order valence-corrected chi connectivity index (χ2v) is 8.81. The molecular weight excluding hydrogens is 340 g/mol. The normalized spacial score (nSPS) is 31.8. The minimum Gasteiger partial charge on any atom is -0.483 e. The summed E-state index contributed by atoms with van der Waals surface area (Å²) in [5.74, 6) is 1.01. The van der Waals surface area contributed by atoms with Gasteiger partial charge in [0.2, 0.25) is 5.91 Å². The van der Waals surface area contributed by atoms with Crippen LogP contribution in [0.15, 0.2) is 18.2 Å². The van der Waals surface area contributed by atoms with Gasteiger partial charge in [0.25, 0.3) is 5.91 Å². The standard InChI is InChI=1S/C22H30N2O3/c1-14-7-5-8-15(2)21(14)27-13-20(26)24-17-11-22(4)18(9-6-10-19(22)24)23(12-17)16(3)25/h5,7-8,17-19H,6,9-13H2,1-4H3/t17-,18+,19-,22+/m0/s1. The summed E-state index contributed by atoms with van der Waals surface area (Å²) in [4.78, 5) is 29.5. The highest BCUT2D eigenvalue weighted by Gasteiger charge is 2.61. The Morgan fingerprint density at radius 2 is 1.85 bits per heavy atom. The Hall–Kier alpha value is -2.04. The van der Waals surface area contributed by atoms with E-state index in [4.69, 9.17) is 4.74 Å². The Balaban J connectivity index is 1.55. The van der Waals surface area contributed by atoms with Crippen LogP contribution in [0.5, 0.6) is 5.75 Å². The van der Waals surface area contributed by atoms with Crippen molar-refractivity contribution in [3.05, 3.63) is 29.3 Å². The summed E-state index contributed by atoms with van der Waals surface area (Å²) in [5, 5.41) is 0. The van der Waals surface area contributed by atoms with Crippen LogP contribution in [0.3, 0.4) is 0 Å². The third kappa shape index (κ3) is 2.82. The number of aryl methyl sites for hydroxylation is 2. The molecule has 0 N–H and O–H groups in total. The molecule has 0 spiro atoms. The molecule has 0 aromatic heterocycles. The molecule has 1 aliphatic carbocycles. The third-order valence-electron chi connectivity index (χ3n) is 7.11. The van der Waals surface area contributed by atoms with Crippen molar-refractivity contribution in [1.29, 1.82) is 0 Å². The fraction of sp³-hybridized carbons (Fsp3) is 0.636. The minimum absolute atomic E-state index is 0.0150. The molecule has 146 valence electrons. The molecule has 0 radical (unpaired) electrons. The number of hydrogen-bond donors (Lipinski definition) is 0. The van der Waals surface area contributed by atoms with E-state index in [1.807, 2.05) is 36.9 Å². The van der Waals surface area contributed by atoms with Crippen LogP contribution in [-0.4, -0.2) is 52.9 Å². The zero-order chi connectivity index (χ0) is 19.3. The zero-order valence-electron chi connectivity index (χ0n) is 16.8. The lowest BCUT2D eigenvalue weighted by Crippen LogP contribution is -2.57. The van der Waals surface area contributed by atoms with Crippen molar-refractivity contribution >= 4 is 11.8 Å². The summed E-state index contributed by atoms with van der Waals surface area (Å²) in [6.07, 6.45) is 4.16.